The smallest absolute Gasteiger partial charge is 0.275 e. The number of aromatic nitrogens is 2. The standard InChI is InChI=1S/C22H22N4O4/c1-14-16-6-3-4-7-17(16)22(29)26(24-14)13-20(27)23-15-9-10-19(30-2)18(12-15)25-11-5-8-21(25)28/h3-4,6-7,9-10,12H,5,8,11,13H2,1-2H3,(H,23,27). The third-order valence-electron chi connectivity index (χ3n) is 5.17. The number of ether oxygens (including phenoxy) is 1. The van der Waals surface area contributed by atoms with Crippen LogP contribution in [0.5, 0.6) is 5.75 Å². The molecule has 3 aromatic rings. The van der Waals surface area contributed by atoms with Crippen LogP contribution in [-0.4, -0.2) is 35.2 Å². The third-order valence-corrected chi connectivity index (χ3v) is 5.17. The number of nitrogens with one attached hydrogen (secondary N) is 1. The average Bonchev–Trinajstić information content (AvgIpc) is 3.17. The minimum absolute atomic E-state index is 0.0270. The topological polar surface area (TPSA) is 93.5 Å². The molecule has 1 aliphatic rings. The molecule has 154 valence electrons. The van der Waals surface area contributed by atoms with Gasteiger partial charge in [-0.05, 0) is 37.6 Å². The highest BCUT2D eigenvalue weighted by atomic mass is 16.5. The lowest BCUT2D eigenvalue weighted by atomic mass is 10.1. The fourth-order valence-corrected chi connectivity index (χ4v) is 3.73. The second-order valence-corrected chi connectivity index (χ2v) is 7.18. The van der Waals surface area contributed by atoms with E-state index in [9.17, 15) is 14.4 Å². The molecule has 8 nitrogen and oxygen atoms in total. The summed E-state index contributed by atoms with van der Waals surface area (Å²) in [5, 5.41) is 8.35. The first kappa shape index (κ1) is 19.6. The van der Waals surface area contributed by atoms with Crippen molar-refractivity contribution < 1.29 is 14.3 Å². The summed E-state index contributed by atoms with van der Waals surface area (Å²) in [4.78, 5) is 39.1. The van der Waals surface area contributed by atoms with E-state index in [2.05, 4.69) is 10.4 Å². The predicted molar refractivity (Wildman–Crippen MR) is 114 cm³/mol. The van der Waals surface area contributed by atoms with E-state index in [1.807, 2.05) is 12.1 Å². The van der Waals surface area contributed by atoms with E-state index in [-0.39, 0.29) is 23.9 Å². The van der Waals surface area contributed by atoms with Crippen molar-refractivity contribution in [2.75, 3.05) is 23.9 Å². The minimum Gasteiger partial charge on any atom is -0.495 e. The molecule has 4 rings (SSSR count). The zero-order chi connectivity index (χ0) is 21.3. The second kappa shape index (κ2) is 7.98. The summed E-state index contributed by atoms with van der Waals surface area (Å²) < 4.78 is 6.54. The molecule has 30 heavy (non-hydrogen) atoms. The number of benzene rings is 2. The molecule has 0 atom stereocenters. The Kier molecular flexibility index (Phi) is 5.22. The summed E-state index contributed by atoms with van der Waals surface area (Å²) in [7, 11) is 1.54. The molecular formula is C22H22N4O4. The van der Waals surface area contributed by atoms with Crippen LogP contribution in [0.15, 0.2) is 47.3 Å². The van der Waals surface area contributed by atoms with E-state index >= 15 is 0 Å². The quantitative estimate of drug-likeness (QED) is 0.703. The maximum Gasteiger partial charge on any atom is 0.275 e. The van der Waals surface area contributed by atoms with E-state index in [0.717, 1.165) is 11.8 Å². The van der Waals surface area contributed by atoms with Crippen LogP contribution in [0.3, 0.4) is 0 Å². The molecule has 0 radical (unpaired) electrons. The predicted octanol–water partition coefficient (Wildman–Crippen LogP) is 2.48. The van der Waals surface area contributed by atoms with Crippen molar-refractivity contribution in [2.24, 2.45) is 0 Å². The molecule has 2 heterocycles. The number of hydrogen-bond acceptors (Lipinski definition) is 5. The Morgan fingerprint density at radius 2 is 1.93 bits per heavy atom. The molecule has 0 unspecified atom stereocenters. The van der Waals surface area contributed by atoms with Crippen molar-refractivity contribution in [2.45, 2.75) is 26.3 Å². The molecule has 1 aromatic heterocycles. The maximum absolute atomic E-state index is 12.7. The first-order valence-corrected chi connectivity index (χ1v) is 9.72. The largest absolute Gasteiger partial charge is 0.495 e. The minimum atomic E-state index is -0.386. The first-order valence-electron chi connectivity index (χ1n) is 9.72. The molecule has 0 aliphatic carbocycles. The van der Waals surface area contributed by atoms with Gasteiger partial charge in [-0.2, -0.15) is 5.10 Å². The Morgan fingerprint density at radius 3 is 2.63 bits per heavy atom. The molecule has 1 saturated heterocycles. The van der Waals surface area contributed by atoms with Crippen molar-refractivity contribution in [3.63, 3.8) is 0 Å². The molecule has 1 fully saturated rings. The van der Waals surface area contributed by atoms with E-state index in [1.54, 1.807) is 42.2 Å². The number of fused-ring (bicyclic) bond motifs is 1. The van der Waals surface area contributed by atoms with Gasteiger partial charge in [0.2, 0.25) is 11.8 Å². The molecule has 8 heteroatoms. The zero-order valence-corrected chi connectivity index (χ0v) is 16.8. The number of amides is 2. The van der Waals surface area contributed by atoms with Gasteiger partial charge in [0, 0.05) is 24.0 Å². The van der Waals surface area contributed by atoms with Gasteiger partial charge in [0.25, 0.3) is 5.56 Å². The summed E-state index contributed by atoms with van der Waals surface area (Å²) in [6, 6.07) is 12.3. The van der Waals surface area contributed by atoms with Crippen molar-refractivity contribution in [3.8, 4) is 5.75 Å². The van der Waals surface area contributed by atoms with Crippen molar-refractivity contribution in [3.05, 3.63) is 58.5 Å². The SMILES string of the molecule is COc1ccc(NC(=O)Cn2nc(C)c3ccccc3c2=O)cc1N1CCCC1=O. The van der Waals surface area contributed by atoms with Gasteiger partial charge >= 0.3 is 0 Å². The van der Waals surface area contributed by atoms with E-state index < -0.39 is 0 Å². The number of aryl methyl sites for hydroxylation is 1. The molecular weight excluding hydrogens is 384 g/mol. The van der Waals surface area contributed by atoms with Crippen LogP contribution < -0.4 is 20.5 Å². The molecule has 2 amide bonds. The fourth-order valence-electron chi connectivity index (χ4n) is 3.73. The number of carbonyl (C=O) groups excluding carboxylic acids is 2. The van der Waals surface area contributed by atoms with Crippen LogP contribution >= 0.6 is 0 Å². The van der Waals surface area contributed by atoms with Gasteiger partial charge in [0.1, 0.15) is 12.3 Å². The summed E-state index contributed by atoms with van der Waals surface area (Å²) in [5.41, 5.74) is 1.50. The van der Waals surface area contributed by atoms with Gasteiger partial charge in [-0.1, -0.05) is 18.2 Å². The Labute approximate surface area is 173 Å². The van der Waals surface area contributed by atoms with Crippen LogP contribution in [0.1, 0.15) is 18.5 Å². The lowest BCUT2D eigenvalue weighted by Gasteiger charge is -2.20. The van der Waals surface area contributed by atoms with Crippen LogP contribution in [0.25, 0.3) is 10.8 Å². The fraction of sp³-hybridized carbons (Fsp3) is 0.273. The van der Waals surface area contributed by atoms with Gasteiger partial charge in [0.05, 0.1) is 23.9 Å². The van der Waals surface area contributed by atoms with Crippen molar-refractivity contribution >= 4 is 34.0 Å². The maximum atomic E-state index is 12.7. The average molecular weight is 406 g/mol. The summed E-state index contributed by atoms with van der Waals surface area (Å²) >= 11 is 0. The van der Waals surface area contributed by atoms with Crippen LogP contribution in [0, 0.1) is 6.92 Å². The van der Waals surface area contributed by atoms with Gasteiger partial charge in [-0.25, -0.2) is 4.68 Å². The van der Waals surface area contributed by atoms with Gasteiger partial charge in [0.15, 0.2) is 0 Å². The first-order chi connectivity index (χ1) is 14.5. The lowest BCUT2D eigenvalue weighted by molar-refractivity contribution is -0.117. The Morgan fingerprint density at radius 1 is 1.17 bits per heavy atom. The molecule has 0 spiro atoms. The highest BCUT2D eigenvalue weighted by molar-refractivity contribution is 5.98. The van der Waals surface area contributed by atoms with Gasteiger partial charge in [-0.3, -0.25) is 14.4 Å². The van der Waals surface area contributed by atoms with Crippen molar-refractivity contribution in [1.29, 1.82) is 0 Å². The zero-order valence-electron chi connectivity index (χ0n) is 16.8. The Balaban J connectivity index is 1.58. The van der Waals surface area contributed by atoms with E-state index in [1.165, 1.54) is 11.8 Å². The van der Waals surface area contributed by atoms with Gasteiger partial charge in [-0.15, -0.1) is 0 Å². The summed E-state index contributed by atoms with van der Waals surface area (Å²) in [6.07, 6.45) is 1.28. The van der Waals surface area contributed by atoms with Crippen molar-refractivity contribution in [1.82, 2.24) is 9.78 Å². The molecule has 0 saturated carbocycles. The second-order valence-electron chi connectivity index (χ2n) is 7.18. The molecule has 2 aromatic carbocycles. The number of anilines is 2. The Bertz CT molecular complexity index is 1200. The van der Waals surface area contributed by atoms with Gasteiger partial charge < -0.3 is 15.0 Å². The number of rotatable bonds is 5. The highest BCUT2D eigenvalue weighted by Crippen LogP contribution is 2.34. The van der Waals surface area contributed by atoms with E-state index in [4.69, 9.17) is 4.74 Å². The van der Waals surface area contributed by atoms with Crippen LogP contribution in [0.2, 0.25) is 0 Å². The Hall–Kier alpha value is -3.68. The summed E-state index contributed by atoms with van der Waals surface area (Å²) in [5.74, 6) is 0.202. The highest BCUT2D eigenvalue weighted by Gasteiger charge is 2.25. The normalized spacial score (nSPS) is 13.7. The van der Waals surface area contributed by atoms with E-state index in [0.29, 0.717) is 41.2 Å². The summed E-state index contributed by atoms with van der Waals surface area (Å²) in [6.45, 7) is 2.20. The number of methoxy groups -OCH3 is 1. The molecule has 0 bridgehead atoms. The lowest BCUT2D eigenvalue weighted by Crippen LogP contribution is -2.30. The van der Waals surface area contributed by atoms with Crippen LogP contribution in [-0.2, 0) is 16.1 Å². The number of hydrogen-bond donors (Lipinski definition) is 1. The van der Waals surface area contributed by atoms with Crippen LogP contribution in [0.4, 0.5) is 11.4 Å². The monoisotopic (exact) mass is 406 g/mol. The third kappa shape index (κ3) is 3.63. The molecule has 1 aliphatic heterocycles. The number of carbonyl (C=O) groups is 2. The molecule has 1 N–H and O–H groups in total. The number of nitrogens with zero attached hydrogens (tertiary/aromatic N) is 3.